The molecular formula is C12H22N2O5. The van der Waals surface area contributed by atoms with E-state index in [2.05, 4.69) is 5.32 Å². The number of carboxylic acids is 1. The molecule has 0 radical (unpaired) electrons. The summed E-state index contributed by atoms with van der Waals surface area (Å²) in [7, 11) is 0. The molecule has 0 saturated heterocycles. The Hall–Kier alpha value is -1.63. The third-order valence-electron chi connectivity index (χ3n) is 2.39. The van der Waals surface area contributed by atoms with Crippen LogP contribution >= 0.6 is 0 Å². The van der Waals surface area contributed by atoms with Crippen molar-refractivity contribution in [3.8, 4) is 0 Å². The van der Waals surface area contributed by atoms with Gasteiger partial charge in [0.2, 0.25) is 5.91 Å². The second-order valence-electron chi connectivity index (χ2n) is 4.33. The van der Waals surface area contributed by atoms with E-state index in [1.807, 2.05) is 13.8 Å². The van der Waals surface area contributed by atoms with Crippen LogP contribution in [0.25, 0.3) is 0 Å². The van der Waals surface area contributed by atoms with Crippen molar-refractivity contribution in [1.29, 1.82) is 0 Å². The van der Waals surface area contributed by atoms with Gasteiger partial charge in [0.1, 0.15) is 0 Å². The van der Waals surface area contributed by atoms with Crippen LogP contribution in [0, 0.1) is 0 Å². The van der Waals surface area contributed by atoms with E-state index in [0.29, 0.717) is 0 Å². The third kappa shape index (κ3) is 9.01. The van der Waals surface area contributed by atoms with Crippen molar-refractivity contribution in [1.82, 2.24) is 5.32 Å². The molecule has 1 amide bonds. The standard InChI is InChI=1S/C12H22N2O5/c1-3-4-8(2)19-11(17)5-6-14-12(18)9(13)7-10(15)16/h8-9H,3-7,13H2,1-2H3,(H,14,18)(H,15,16)/t8?,9-/m1/s1. The van der Waals surface area contributed by atoms with E-state index in [4.69, 9.17) is 15.6 Å². The van der Waals surface area contributed by atoms with Crippen LogP contribution in [0.15, 0.2) is 0 Å². The van der Waals surface area contributed by atoms with E-state index in [1.165, 1.54) is 0 Å². The van der Waals surface area contributed by atoms with E-state index in [0.717, 1.165) is 12.8 Å². The summed E-state index contributed by atoms with van der Waals surface area (Å²) in [5.74, 6) is -2.12. The van der Waals surface area contributed by atoms with Gasteiger partial charge in [0, 0.05) is 6.54 Å². The van der Waals surface area contributed by atoms with Gasteiger partial charge in [0.25, 0.3) is 0 Å². The Kier molecular flexibility index (Phi) is 8.52. The Morgan fingerprint density at radius 2 is 2.00 bits per heavy atom. The summed E-state index contributed by atoms with van der Waals surface area (Å²) in [5, 5.41) is 10.9. The van der Waals surface area contributed by atoms with Crippen LogP contribution in [-0.2, 0) is 19.1 Å². The number of nitrogens with two attached hydrogens (primary N) is 1. The van der Waals surface area contributed by atoms with Gasteiger partial charge in [-0.2, -0.15) is 0 Å². The molecule has 7 heteroatoms. The molecule has 0 heterocycles. The van der Waals surface area contributed by atoms with E-state index in [-0.39, 0.29) is 19.1 Å². The van der Waals surface area contributed by atoms with Gasteiger partial charge in [0.05, 0.1) is 25.0 Å². The average molecular weight is 274 g/mol. The van der Waals surface area contributed by atoms with Crippen molar-refractivity contribution in [2.75, 3.05) is 6.54 Å². The molecule has 110 valence electrons. The molecular weight excluding hydrogens is 252 g/mol. The highest BCUT2D eigenvalue weighted by Crippen LogP contribution is 2.02. The van der Waals surface area contributed by atoms with E-state index < -0.39 is 30.3 Å². The predicted octanol–water partition coefficient (Wildman–Crippen LogP) is 0.0265. The van der Waals surface area contributed by atoms with Crippen molar-refractivity contribution in [2.24, 2.45) is 5.73 Å². The Balaban J connectivity index is 3.81. The smallest absolute Gasteiger partial charge is 0.307 e. The summed E-state index contributed by atoms with van der Waals surface area (Å²) in [4.78, 5) is 33.0. The predicted molar refractivity (Wildman–Crippen MR) is 68.3 cm³/mol. The molecule has 0 bridgehead atoms. The molecule has 19 heavy (non-hydrogen) atoms. The zero-order valence-electron chi connectivity index (χ0n) is 11.3. The number of ether oxygens (including phenoxy) is 1. The Bertz CT molecular complexity index is 319. The molecule has 7 nitrogen and oxygen atoms in total. The molecule has 0 spiro atoms. The largest absolute Gasteiger partial charge is 0.481 e. The molecule has 0 aliphatic rings. The number of hydrogen-bond acceptors (Lipinski definition) is 5. The van der Waals surface area contributed by atoms with Crippen molar-refractivity contribution in [2.45, 2.75) is 51.7 Å². The van der Waals surface area contributed by atoms with Crippen molar-refractivity contribution >= 4 is 17.8 Å². The molecule has 2 atom stereocenters. The molecule has 0 aliphatic heterocycles. The lowest BCUT2D eigenvalue weighted by Gasteiger charge is -2.13. The van der Waals surface area contributed by atoms with Crippen LogP contribution in [0.3, 0.4) is 0 Å². The van der Waals surface area contributed by atoms with Gasteiger partial charge >= 0.3 is 11.9 Å². The number of esters is 1. The number of amides is 1. The Morgan fingerprint density at radius 1 is 1.37 bits per heavy atom. The fourth-order valence-corrected chi connectivity index (χ4v) is 1.45. The molecule has 1 unspecified atom stereocenters. The van der Waals surface area contributed by atoms with Gasteiger partial charge < -0.3 is 20.9 Å². The highest BCUT2D eigenvalue weighted by Gasteiger charge is 2.17. The fourth-order valence-electron chi connectivity index (χ4n) is 1.45. The normalized spacial score (nSPS) is 13.4. The second-order valence-corrected chi connectivity index (χ2v) is 4.33. The maximum Gasteiger partial charge on any atom is 0.307 e. The zero-order chi connectivity index (χ0) is 14.8. The van der Waals surface area contributed by atoms with Crippen molar-refractivity contribution in [3.63, 3.8) is 0 Å². The first-order valence-corrected chi connectivity index (χ1v) is 6.31. The molecule has 0 rings (SSSR count). The lowest BCUT2D eigenvalue weighted by Crippen LogP contribution is -2.42. The number of carbonyl (C=O) groups excluding carboxylic acids is 2. The molecule has 0 fully saturated rings. The average Bonchev–Trinajstić information content (AvgIpc) is 2.27. The summed E-state index contributed by atoms with van der Waals surface area (Å²) >= 11 is 0. The van der Waals surface area contributed by atoms with Gasteiger partial charge in [0.15, 0.2) is 0 Å². The molecule has 0 aliphatic carbocycles. The lowest BCUT2D eigenvalue weighted by molar-refractivity contribution is -0.148. The molecule has 0 saturated carbocycles. The summed E-state index contributed by atoms with van der Waals surface area (Å²) < 4.78 is 5.08. The summed E-state index contributed by atoms with van der Waals surface area (Å²) in [6, 6.07) is -1.10. The summed E-state index contributed by atoms with van der Waals surface area (Å²) in [5.41, 5.74) is 5.35. The summed E-state index contributed by atoms with van der Waals surface area (Å²) in [6.45, 7) is 3.89. The van der Waals surface area contributed by atoms with Gasteiger partial charge in [-0.25, -0.2) is 0 Å². The number of carbonyl (C=O) groups is 3. The number of nitrogens with one attached hydrogen (secondary N) is 1. The number of rotatable bonds is 9. The first-order valence-electron chi connectivity index (χ1n) is 6.31. The van der Waals surface area contributed by atoms with Crippen LogP contribution < -0.4 is 11.1 Å². The third-order valence-corrected chi connectivity index (χ3v) is 2.39. The zero-order valence-corrected chi connectivity index (χ0v) is 11.3. The van der Waals surface area contributed by atoms with Crippen LogP contribution in [-0.4, -0.2) is 41.6 Å². The fraction of sp³-hybridized carbons (Fsp3) is 0.750. The van der Waals surface area contributed by atoms with E-state index in [1.54, 1.807) is 0 Å². The van der Waals surface area contributed by atoms with Gasteiger partial charge in [-0.3, -0.25) is 14.4 Å². The van der Waals surface area contributed by atoms with Crippen molar-refractivity contribution in [3.05, 3.63) is 0 Å². The highest BCUT2D eigenvalue weighted by molar-refractivity contribution is 5.86. The number of carboxylic acid groups (broad SMARTS) is 1. The molecule has 0 aromatic carbocycles. The number of aliphatic carboxylic acids is 1. The monoisotopic (exact) mass is 274 g/mol. The van der Waals surface area contributed by atoms with E-state index >= 15 is 0 Å². The minimum absolute atomic E-state index is 0.0413. The Morgan fingerprint density at radius 3 is 2.53 bits per heavy atom. The molecule has 0 aromatic rings. The summed E-state index contributed by atoms with van der Waals surface area (Å²) in [6.07, 6.45) is 1.18. The molecule has 4 N–H and O–H groups in total. The minimum Gasteiger partial charge on any atom is -0.481 e. The maximum absolute atomic E-state index is 11.4. The molecule has 0 aromatic heterocycles. The van der Waals surface area contributed by atoms with Crippen molar-refractivity contribution < 1.29 is 24.2 Å². The minimum atomic E-state index is -1.14. The first-order chi connectivity index (χ1) is 8.86. The number of hydrogen-bond donors (Lipinski definition) is 3. The van der Waals surface area contributed by atoms with E-state index in [9.17, 15) is 14.4 Å². The maximum atomic E-state index is 11.4. The van der Waals surface area contributed by atoms with Gasteiger partial charge in [-0.05, 0) is 13.3 Å². The topological polar surface area (TPSA) is 119 Å². The second kappa shape index (κ2) is 9.32. The van der Waals surface area contributed by atoms with Gasteiger partial charge in [-0.15, -0.1) is 0 Å². The highest BCUT2D eigenvalue weighted by atomic mass is 16.5. The Labute approximate surface area is 112 Å². The lowest BCUT2D eigenvalue weighted by atomic mass is 10.2. The van der Waals surface area contributed by atoms with Crippen LogP contribution in [0.4, 0.5) is 0 Å². The first kappa shape index (κ1) is 17.4. The van der Waals surface area contributed by atoms with Gasteiger partial charge in [-0.1, -0.05) is 13.3 Å². The van der Waals surface area contributed by atoms with Crippen LogP contribution in [0.2, 0.25) is 0 Å². The quantitative estimate of drug-likeness (QED) is 0.510. The SMILES string of the molecule is CCCC(C)OC(=O)CCNC(=O)[C@H](N)CC(=O)O. The van der Waals surface area contributed by atoms with Crippen LogP contribution in [0.5, 0.6) is 0 Å². The van der Waals surface area contributed by atoms with Crippen LogP contribution in [0.1, 0.15) is 39.5 Å².